The van der Waals surface area contributed by atoms with Gasteiger partial charge in [0.25, 0.3) is 17.7 Å². The minimum atomic E-state index is -0.505. The molecule has 0 aromatic heterocycles. The van der Waals surface area contributed by atoms with Crippen molar-refractivity contribution in [1.29, 1.82) is 0 Å². The number of benzene rings is 3. The van der Waals surface area contributed by atoms with Gasteiger partial charge in [-0.05, 0) is 54.1 Å². The van der Waals surface area contributed by atoms with Crippen molar-refractivity contribution < 1.29 is 14.4 Å². The van der Waals surface area contributed by atoms with Crippen LogP contribution in [-0.4, -0.2) is 17.7 Å². The van der Waals surface area contributed by atoms with Crippen LogP contribution in [0, 0.1) is 0 Å². The van der Waals surface area contributed by atoms with Gasteiger partial charge in [0.1, 0.15) is 0 Å². The minimum Gasteiger partial charge on any atom is -0.322 e. The monoisotopic (exact) mass is 419 g/mol. The standard InChI is InChI=1S/C23H18ClN3O3/c24-20-9-5-4-6-16(20)12-15-21(28)26-27-23(30)18-10-13-19(14-11-18)25-22(29)17-7-2-1-3-8-17/h1-15H,(H,25,29)(H,26,28)(H,27,30). The van der Waals surface area contributed by atoms with Crippen LogP contribution in [0.5, 0.6) is 0 Å². The lowest BCUT2D eigenvalue weighted by atomic mass is 10.1. The van der Waals surface area contributed by atoms with Crippen molar-refractivity contribution in [1.82, 2.24) is 10.9 Å². The average Bonchev–Trinajstić information content (AvgIpc) is 2.78. The van der Waals surface area contributed by atoms with Gasteiger partial charge in [-0.25, -0.2) is 0 Å². The lowest BCUT2D eigenvalue weighted by Gasteiger charge is -2.08. The molecule has 3 amide bonds. The molecule has 7 heteroatoms. The highest BCUT2D eigenvalue weighted by atomic mass is 35.5. The average molecular weight is 420 g/mol. The number of amides is 3. The molecule has 0 aliphatic rings. The highest BCUT2D eigenvalue weighted by Crippen LogP contribution is 2.16. The molecule has 3 rings (SSSR count). The van der Waals surface area contributed by atoms with Gasteiger partial charge in [-0.15, -0.1) is 0 Å². The molecule has 0 radical (unpaired) electrons. The van der Waals surface area contributed by atoms with Gasteiger partial charge in [0.05, 0.1) is 0 Å². The number of hydrogen-bond donors (Lipinski definition) is 3. The van der Waals surface area contributed by atoms with E-state index in [-0.39, 0.29) is 5.91 Å². The summed E-state index contributed by atoms with van der Waals surface area (Å²) in [5, 5.41) is 3.27. The van der Waals surface area contributed by atoms with Crippen molar-refractivity contribution in [2.24, 2.45) is 0 Å². The zero-order valence-electron chi connectivity index (χ0n) is 15.8. The van der Waals surface area contributed by atoms with Crippen LogP contribution < -0.4 is 16.2 Å². The van der Waals surface area contributed by atoms with Crippen LogP contribution >= 0.6 is 11.6 Å². The second-order valence-electron chi connectivity index (χ2n) is 6.20. The van der Waals surface area contributed by atoms with E-state index >= 15 is 0 Å². The maximum Gasteiger partial charge on any atom is 0.269 e. The molecule has 0 aliphatic heterocycles. The van der Waals surface area contributed by atoms with Crippen molar-refractivity contribution in [3.63, 3.8) is 0 Å². The smallest absolute Gasteiger partial charge is 0.269 e. The van der Waals surface area contributed by atoms with Crippen LogP contribution in [0.2, 0.25) is 5.02 Å². The summed E-state index contributed by atoms with van der Waals surface area (Å²) in [5.41, 5.74) is 6.72. The van der Waals surface area contributed by atoms with Gasteiger partial charge in [0.2, 0.25) is 0 Å². The predicted molar refractivity (Wildman–Crippen MR) is 117 cm³/mol. The third kappa shape index (κ3) is 5.80. The number of halogens is 1. The Balaban J connectivity index is 1.51. The first-order valence-corrected chi connectivity index (χ1v) is 9.40. The van der Waals surface area contributed by atoms with Gasteiger partial charge in [-0.2, -0.15) is 0 Å². The Labute approximate surface area is 178 Å². The first kappa shape index (κ1) is 20.8. The molecule has 6 nitrogen and oxygen atoms in total. The number of carbonyl (C=O) groups excluding carboxylic acids is 3. The van der Waals surface area contributed by atoms with E-state index in [9.17, 15) is 14.4 Å². The van der Waals surface area contributed by atoms with Crippen LogP contribution in [0.4, 0.5) is 5.69 Å². The van der Waals surface area contributed by atoms with Crippen LogP contribution in [0.15, 0.2) is 84.9 Å². The number of carbonyl (C=O) groups is 3. The molecule has 3 N–H and O–H groups in total. The van der Waals surface area contributed by atoms with E-state index in [4.69, 9.17) is 11.6 Å². The zero-order valence-corrected chi connectivity index (χ0v) is 16.5. The van der Waals surface area contributed by atoms with Gasteiger partial charge >= 0.3 is 0 Å². The molecule has 30 heavy (non-hydrogen) atoms. The Morgan fingerprint density at radius 3 is 2.03 bits per heavy atom. The van der Waals surface area contributed by atoms with E-state index in [1.54, 1.807) is 78.9 Å². The normalized spacial score (nSPS) is 10.4. The van der Waals surface area contributed by atoms with Crippen LogP contribution in [0.25, 0.3) is 6.08 Å². The molecule has 0 unspecified atom stereocenters. The Morgan fingerprint density at radius 1 is 0.700 bits per heavy atom. The molecule has 3 aromatic rings. The molecule has 0 saturated carbocycles. The highest BCUT2D eigenvalue weighted by molar-refractivity contribution is 6.32. The summed E-state index contributed by atoms with van der Waals surface area (Å²) in [6, 6.07) is 22.2. The minimum absolute atomic E-state index is 0.245. The molecular weight excluding hydrogens is 402 g/mol. The van der Waals surface area contributed by atoms with Crippen molar-refractivity contribution in [3.8, 4) is 0 Å². The summed E-state index contributed by atoms with van der Waals surface area (Å²) in [5.74, 6) is -1.24. The van der Waals surface area contributed by atoms with Crippen LogP contribution in [-0.2, 0) is 4.79 Å². The number of hydrazine groups is 1. The first-order chi connectivity index (χ1) is 14.5. The second-order valence-corrected chi connectivity index (χ2v) is 6.60. The summed E-state index contributed by atoms with van der Waals surface area (Å²) < 4.78 is 0. The van der Waals surface area contributed by atoms with E-state index in [1.165, 1.54) is 6.08 Å². The Morgan fingerprint density at radius 2 is 1.33 bits per heavy atom. The van der Waals surface area contributed by atoms with Crippen molar-refractivity contribution in [2.45, 2.75) is 0 Å². The Bertz CT molecular complexity index is 1080. The fourth-order valence-corrected chi connectivity index (χ4v) is 2.70. The summed E-state index contributed by atoms with van der Waals surface area (Å²) in [6.07, 6.45) is 2.82. The highest BCUT2D eigenvalue weighted by Gasteiger charge is 2.08. The van der Waals surface area contributed by atoms with Crippen molar-refractivity contribution >= 4 is 41.1 Å². The SMILES string of the molecule is O=C(C=Cc1ccccc1Cl)NNC(=O)c1ccc(NC(=O)c2ccccc2)cc1. The number of rotatable bonds is 5. The van der Waals surface area contributed by atoms with Gasteiger partial charge in [0.15, 0.2) is 0 Å². The van der Waals surface area contributed by atoms with Gasteiger partial charge < -0.3 is 5.32 Å². The van der Waals surface area contributed by atoms with Gasteiger partial charge in [-0.1, -0.05) is 48.0 Å². The molecule has 0 heterocycles. The molecule has 0 spiro atoms. The van der Waals surface area contributed by atoms with E-state index in [1.807, 2.05) is 6.07 Å². The van der Waals surface area contributed by atoms with Gasteiger partial charge in [0, 0.05) is 27.9 Å². The van der Waals surface area contributed by atoms with E-state index < -0.39 is 11.8 Å². The maximum absolute atomic E-state index is 12.2. The van der Waals surface area contributed by atoms with Crippen molar-refractivity contribution in [3.05, 3.63) is 107 Å². The summed E-state index contributed by atoms with van der Waals surface area (Å²) in [4.78, 5) is 36.2. The summed E-state index contributed by atoms with van der Waals surface area (Å²) in [6.45, 7) is 0. The van der Waals surface area contributed by atoms with E-state index in [2.05, 4.69) is 16.2 Å². The number of anilines is 1. The summed E-state index contributed by atoms with van der Waals surface area (Å²) in [7, 11) is 0. The second kappa shape index (κ2) is 10.0. The van der Waals surface area contributed by atoms with Gasteiger partial charge in [-0.3, -0.25) is 25.2 Å². The summed E-state index contributed by atoms with van der Waals surface area (Å²) >= 11 is 6.02. The molecule has 150 valence electrons. The molecule has 0 fully saturated rings. The largest absolute Gasteiger partial charge is 0.322 e. The van der Waals surface area contributed by atoms with E-state index in [0.717, 1.165) is 0 Å². The molecule has 0 atom stereocenters. The number of nitrogens with one attached hydrogen (secondary N) is 3. The first-order valence-electron chi connectivity index (χ1n) is 9.02. The fourth-order valence-electron chi connectivity index (χ4n) is 2.51. The van der Waals surface area contributed by atoms with Crippen LogP contribution in [0.3, 0.4) is 0 Å². The molecule has 3 aromatic carbocycles. The molecular formula is C23H18ClN3O3. The topological polar surface area (TPSA) is 87.3 Å². The zero-order chi connectivity index (χ0) is 21.3. The van der Waals surface area contributed by atoms with E-state index in [0.29, 0.717) is 27.4 Å². The van der Waals surface area contributed by atoms with Crippen LogP contribution in [0.1, 0.15) is 26.3 Å². The maximum atomic E-state index is 12.2. The molecule has 0 bridgehead atoms. The Kier molecular flexibility index (Phi) is 6.97. The van der Waals surface area contributed by atoms with Crippen molar-refractivity contribution in [2.75, 3.05) is 5.32 Å². The lowest BCUT2D eigenvalue weighted by Crippen LogP contribution is -2.40. The Hall–Kier alpha value is -3.90. The lowest BCUT2D eigenvalue weighted by molar-refractivity contribution is -0.117. The fraction of sp³-hybridized carbons (Fsp3) is 0. The quantitative estimate of drug-likeness (QED) is 0.430. The molecule has 0 aliphatic carbocycles. The predicted octanol–water partition coefficient (Wildman–Crippen LogP) is 4.07. The molecule has 0 saturated heterocycles. The third-order valence-corrected chi connectivity index (χ3v) is 4.40. The third-order valence-electron chi connectivity index (χ3n) is 4.06. The number of hydrogen-bond acceptors (Lipinski definition) is 3.